The molecule has 2 N–H and O–H groups in total. The minimum atomic E-state index is 0.736. The largest absolute Gasteiger partial charge is 0.376 e. The maximum atomic E-state index is 4.50. The van der Waals surface area contributed by atoms with Crippen LogP contribution < -0.4 is 15.5 Å². The van der Waals surface area contributed by atoms with E-state index in [-0.39, 0.29) is 0 Å². The van der Waals surface area contributed by atoms with Gasteiger partial charge >= 0.3 is 0 Å². The fraction of sp³-hybridized carbons (Fsp3) is 0.333. The second-order valence-electron chi connectivity index (χ2n) is 4.75. The molecular formula is C15H21N5. The van der Waals surface area contributed by atoms with Crippen LogP contribution in [0.3, 0.4) is 0 Å². The third-order valence-corrected chi connectivity index (χ3v) is 2.84. The lowest BCUT2D eigenvalue weighted by atomic mass is 10.2. The number of para-hydroxylation sites is 2. The van der Waals surface area contributed by atoms with Gasteiger partial charge in [-0.3, -0.25) is 4.98 Å². The van der Waals surface area contributed by atoms with Gasteiger partial charge in [-0.15, -0.1) is 0 Å². The zero-order chi connectivity index (χ0) is 14.4. The van der Waals surface area contributed by atoms with Gasteiger partial charge in [0.2, 0.25) is 0 Å². The summed E-state index contributed by atoms with van der Waals surface area (Å²) in [5, 5.41) is 6.55. The van der Waals surface area contributed by atoms with Crippen molar-refractivity contribution in [2.75, 3.05) is 36.2 Å². The molecule has 106 valence electrons. The first-order valence-electron chi connectivity index (χ1n) is 6.80. The molecule has 0 aliphatic heterocycles. The third kappa shape index (κ3) is 3.60. The number of hydrogen-bond donors (Lipinski definition) is 2. The summed E-state index contributed by atoms with van der Waals surface area (Å²) in [6.07, 6.45) is 4.52. The summed E-state index contributed by atoms with van der Waals surface area (Å²) in [5.41, 5.74) is 2.13. The minimum absolute atomic E-state index is 0.736. The van der Waals surface area contributed by atoms with Gasteiger partial charge in [-0.1, -0.05) is 19.1 Å². The maximum Gasteiger partial charge on any atom is 0.151 e. The first-order valence-corrected chi connectivity index (χ1v) is 6.80. The van der Waals surface area contributed by atoms with Crippen LogP contribution in [0.5, 0.6) is 0 Å². The Morgan fingerprint density at radius 1 is 1.10 bits per heavy atom. The Kier molecular flexibility index (Phi) is 4.76. The maximum absolute atomic E-state index is 4.50. The highest BCUT2D eigenvalue weighted by Crippen LogP contribution is 2.26. The van der Waals surface area contributed by atoms with Crippen molar-refractivity contribution in [3.8, 4) is 0 Å². The molecule has 20 heavy (non-hydrogen) atoms. The molecule has 0 unspecified atom stereocenters. The molecule has 0 aliphatic carbocycles. The summed E-state index contributed by atoms with van der Waals surface area (Å²) in [4.78, 5) is 10.8. The lowest BCUT2D eigenvalue weighted by Gasteiger charge is -2.18. The average Bonchev–Trinajstić information content (AvgIpc) is 2.46. The molecule has 0 aliphatic rings. The normalized spacial score (nSPS) is 10.2. The molecule has 0 atom stereocenters. The van der Waals surface area contributed by atoms with E-state index in [2.05, 4.69) is 38.5 Å². The van der Waals surface area contributed by atoms with Gasteiger partial charge in [0.1, 0.15) is 5.82 Å². The fourth-order valence-electron chi connectivity index (χ4n) is 1.87. The van der Waals surface area contributed by atoms with Crippen molar-refractivity contribution in [1.82, 2.24) is 9.97 Å². The summed E-state index contributed by atoms with van der Waals surface area (Å²) in [6.45, 7) is 3.02. The fourth-order valence-corrected chi connectivity index (χ4v) is 1.87. The van der Waals surface area contributed by atoms with E-state index in [4.69, 9.17) is 0 Å². The highest BCUT2D eigenvalue weighted by atomic mass is 15.1. The molecule has 1 aromatic carbocycles. The third-order valence-electron chi connectivity index (χ3n) is 2.84. The van der Waals surface area contributed by atoms with Gasteiger partial charge in [0.25, 0.3) is 0 Å². The van der Waals surface area contributed by atoms with E-state index in [0.717, 1.165) is 36.0 Å². The smallest absolute Gasteiger partial charge is 0.151 e. The zero-order valence-corrected chi connectivity index (χ0v) is 12.2. The van der Waals surface area contributed by atoms with E-state index in [9.17, 15) is 0 Å². The van der Waals surface area contributed by atoms with Crippen LogP contribution in [-0.2, 0) is 0 Å². The van der Waals surface area contributed by atoms with E-state index in [1.165, 1.54) is 0 Å². The Bertz CT molecular complexity index is 553. The van der Waals surface area contributed by atoms with Crippen LogP contribution >= 0.6 is 0 Å². The molecule has 5 heteroatoms. The molecule has 2 rings (SSSR count). The molecule has 0 bridgehead atoms. The summed E-state index contributed by atoms with van der Waals surface area (Å²) < 4.78 is 0. The summed E-state index contributed by atoms with van der Waals surface area (Å²) >= 11 is 0. The minimum Gasteiger partial charge on any atom is -0.376 e. The van der Waals surface area contributed by atoms with Crippen molar-refractivity contribution in [2.45, 2.75) is 13.3 Å². The van der Waals surface area contributed by atoms with Crippen LogP contribution in [0.15, 0.2) is 36.7 Å². The van der Waals surface area contributed by atoms with Crippen molar-refractivity contribution in [3.05, 3.63) is 36.7 Å². The van der Waals surface area contributed by atoms with Gasteiger partial charge in [-0.25, -0.2) is 4.98 Å². The van der Waals surface area contributed by atoms with Crippen LogP contribution in [-0.4, -0.2) is 30.6 Å². The van der Waals surface area contributed by atoms with Crippen molar-refractivity contribution in [2.24, 2.45) is 0 Å². The zero-order valence-electron chi connectivity index (χ0n) is 12.2. The Labute approximate surface area is 120 Å². The molecule has 1 heterocycles. The molecule has 5 nitrogen and oxygen atoms in total. The van der Waals surface area contributed by atoms with Crippen molar-refractivity contribution < 1.29 is 0 Å². The second kappa shape index (κ2) is 6.75. The lowest BCUT2D eigenvalue weighted by Crippen LogP contribution is -2.11. The van der Waals surface area contributed by atoms with Gasteiger partial charge in [-0.2, -0.15) is 0 Å². The van der Waals surface area contributed by atoms with Gasteiger partial charge < -0.3 is 15.5 Å². The SMILES string of the molecule is CCCNc1cncc(Nc2ccccc2N(C)C)n1. The van der Waals surface area contributed by atoms with Gasteiger partial charge in [0, 0.05) is 20.6 Å². The Hall–Kier alpha value is -2.30. The molecule has 1 aromatic heterocycles. The Morgan fingerprint density at radius 3 is 2.60 bits per heavy atom. The summed E-state index contributed by atoms with van der Waals surface area (Å²) in [5.74, 6) is 1.53. The Balaban J connectivity index is 2.17. The molecule has 0 saturated carbocycles. The van der Waals surface area contributed by atoms with Crippen molar-refractivity contribution in [1.29, 1.82) is 0 Å². The number of nitrogens with one attached hydrogen (secondary N) is 2. The summed E-state index contributed by atoms with van der Waals surface area (Å²) in [7, 11) is 4.04. The van der Waals surface area contributed by atoms with Crippen molar-refractivity contribution in [3.63, 3.8) is 0 Å². The molecule has 0 fully saturated rings. The van der Waals surface area contributed by atoms with Crippen LogP contribution in [0.4, 0.5) is 23.0 Å². The van der Waals surface area contributed by atoms with Gasteiger partial charge in [0.05, 0.1) is 23.8 Å². The molecule has 0 amide bonds. The van der Waals surface area contributed by atoms with E-state index >= 15 is 0 Å². The van der Waals surface area contributed by atoms with E-state index in [0.29, 0.717) is 0 Å². The van der Waals surface area contributed by atoms with Gasteiger partial charge in [0.15, 0.2) is 5.82 Å². The average molecular weight is 271 g/mol. The number of aromatic nitrogens is 2. The topological polar surface area (TPSA) is 53.1 Å². The van der Waals surface area contributed by atoms with Crippen LogP contribution in [0, 0.1) is 0 Å². The van der Waals surface area contributed by atoms with Crippen molar-refractivity contribution >= 4 is 23.0 Å². The number of anilines is 4. The standard InChI is InChI=1S/C15H21N5/c1-4-9-17-14-10-16-11-15(19-14)18-12-7-5-6-8-13(12)20(2)3/h5-8,10-11H,4,9H2,1-3H3,(H2,17,18,19). The van der Waals surface area contributed by atoms with Crippen LogP contribution in [0.1, 0.15) is 13.3 Å². The highest BCUT2D eigenvalue weighted by molar-refractivity contribution is 5.73. The Morgan fingerprint density at radius 2 is 1.85 bits per heavy atom. The molecule has 0 saturated heterocycles. The summed E-state index contributed by atoms with van der Waals surface area (Å²) in [6, 6.07) is 8.12. The number of hydrogen-bond acceptors (Lipinski definition) is 5. The predicted octanol–water partition coefficient (Wildman–Crippen LogP) is 3.11. The first-order chi connectivity index (χ1) is 9.70. The van der Waals surface area contributed by atoms with Crippen LogP contribution in [0.25, 0.3) is 0 Å². The monoisotopic (exact) mass is 271 g/mol. The number of nitrogens with zero attached hydrogens (tertiary/aromatic N) is 3. The van der Waals surface area contributed by atoms with E-state index in [1.807, 2.05) is 32.3 Å². The highest BCUT2D eigenvalue weighted by Gasteiger charge is 2.05. The molecule has 0 radical (unpaired) electrons. The van der Waals surface area contributed by atoms with E-state index in [1.54, 1.807) is 12.4 Å². The molecular weight excluding hydrogens is 250 g/mol. The second-order valence-corrected chi connectivity index (χ2v) is 4.75. The molecule has 0 spiro atoms. The number of rotatable bonds is 6. The van der Waals surface area contributed by atoms with Gasteiger partial charge in [-0.05, 0) is 18.6 Å². The molecule has 2 aromatic rings. The first kappa shape index (κ1) is 14.1. The predicted molar refractivity (Wildman–Crippen MR) is 84.9 cm³/mol. The lowest BCUT2D eigenvalue weighted by molar-refractivity contribution is 0.965. The van der Waals surface area contributed by atoms with Crippen LogP contribution in [0.2, 0.25) is 0 Å². The number of benzene rings is 1. The van der Waals surface area contributed by atoms with E-state index < -0.39 is 0 Å². The quantitative estimate of drug-likeness (QED) is 0.845.